The van der Waals surface area contributed by atoms with E-state index in [9.17, 15) is 4.79 Å². The van der Waals surface area contributed by atoms with Gasteiger partial charge in [-0.15, -0.1) is 0 Å². The molecule has 0 aliphatic carbocycles. The number of hydrogen-bond acceptors (Lipinski definition) is 5. The molecule has 0 aromatic carbocycles. The summed E-state index contributed by atoms with van der Waals surface area (Å²) in [5.41, 5.74) is 0.839. The number of anilines is 1. The monoisotopic (exact) mass is 343 g/mol. The predicted octanol–water partition coefficient (Wildman–Crippen LogP) is 0.365. The SMILES string of the molecule is CNC1CCN(c2cnn(CCN(C)C)c(=O)c2Br)C1. The van der Waals surface area contributed by atoms with Crippen LogP contribution in [0.4, 0.5) is 5.69 Å². The van der Waals surface area contributed by atoms with E-state index in [1.165, 1.54) is 4.68 Å². The van der Waals surface area contributed by atoms with Gasteiger partial charge in [0.15, 0.2) is 0 Å². The lowest BCUT2D eigenvalue weighted by Gasteiger charge is -2.20. The molecule has 1 aliphatic rings. The molecule has 2 heterocycles. The third kappa shape index (κ3) is 3.39. The predicted molar refractivity (Wildman–Crippen MR) is 84.4 cm³/mol. The van der Waals surface area contributed by atoms with Crippen LogP contribution in [0.25, 0.3) is 0 Å². The minimum Gasteiger partial charge on any atom is -0.368 e. The minimum atomic E-state index is -0.0581. The van der Waals surface area contributed by atoms with Crippen molar-refractivity contribution < 1.29 is 0 Å². The molecule has 0 saturated carbocycles. The van der Waals surface area contributed by atoms with Crippen molar-refractivity contribution in [2.75, 3.05) is 45.7 Å². The van der Waals surface area contributed by atoms with Crippen LogP contribution in [0, 0.1) is 0 Å². The number of nitrogens with zero attached hydrogens (tertiary/aromatic N) is 4. The van der Waals surface area contributed by atoms with E-state index in [0.29, 0.717) is 17.1 Å². The zero-order chi connectivity index (χ0) is 14.7. The standard InChI is InChI=1S/C13H22BrN5O/c1-15-10-4-5-18(9-10)11-8-16-19(7-6-17(2)3)13(20)12(11)14/h8,10,15H,4-7,9H2,1-3H3. The number of halogens is 1. The molecule has 1 unspecified atom stereocenters. The molecule has 1 N–H and O–H groups in total. The maximum Gasteiger partial charge on any atom is 0.283 e. The van der Waals surface area contributed by atoms with Crippen molar-refractivity contribution in [3.8, 4) is 0 Å². The van der Waals surface area contributed by atoms with Crippen LogP contribution in [-0.2, 0) is 6.54 Å². The largest absolute Gasteiger partial charge is 0.368 e. The van der Waals surface area contributed by atoms with Gasteiger partial charge in [0, 0.05) is 25.7 Å². The summed E-state index contributed by atoms with van der Waals surface area (Å²) in [5.74, 6) is 0. The number of aromatic nitrogens is 2. The lowest BCUT2D eigenvalue weighted by molar-refractivity contribution is 0.367. The fraction of sp³-hybridized carbons (Fsp3) is 0.692. The first-order valence-corrected chi connectivity index (χ1v) is 7.64. The third-order valence-corrected chi connectivity index (χ3v) is 4.41. The Hall–Kier alpha value is -0.920. The molecule has 0 spiro atoms. The van der Waals surface area contributed by atoms with E-state index in [4.69, 9.17) is 0 Å². The van der Waals surface area contributed by atoms with Gasteiger partial charge >= 0.3 is 0 Å². The Morgan fingerprint density at radius 1 is 1.55 bits per heavy atom. The quantitative estimate of drug-likeness (QED) is 0.836. The normalized spacial score (nSPS) is 19.1. The molecule has 1 atom stereocenters. The fourth-order valence-corrected chi connectivity index (χ4v) is 2.90. The van der Waals surface area contributed by atoms with Crippen molar-refractivity contribution >= 4 is 21.6 Å². The van der Waals surface area contributed by atoms with Gasteiger partial charge in [-0.05, 0) is 43.5 Å². The first-order chi connectivity index (χ1) is 9.52. The Kier molecular flexibility index (Phi) is 5.17. The smallest absolute Gasteiger partial charge is 0.283 e. The van der Waals surface area contributed by atoms with E-state index < -0.39 is 0 Å². The van der Waals surface area contributed by atoms with Crippen molar-refractivity contribution in [3.63, 3.8) is 0 Å². The highest BCUT2D eigenvalue weighted by molar-refractivity contribution is 9.10. The first kappa shape index (κ1) is 15.5. The highest BCUT2D eigenvalue weighted by atomic mass is 79.9. The molecule has 1 aromatic rings. The van der Waals surface area contributed by atoms with E-state index in [1.54, 1.807) is 6.20 Å². The summed E-state index contributed by atoms with van der Waals surface area (Å²) in [5, 5.41) is 7.57. The second kappa shape index (κ2) is 6.69. The van der Waals surface area contributed by atoms with Gasteiger partial charge in [0.05, 0.1) is 18.4 Å². The molecule has 2 rings (SSSR count). The van der Waals surface area contributed by atoms with Crippen LogP contribution in [0.5, 0.6) is 0 Å². The average molecular weight is 344 g/mol. The topological polar surface area (TPSA) is 53.4 Å². The summed E-state index contributed by atoms with van der Waals surface area (Å²) in [6.07, 6.45) is 2.88. The maximum absolute atomic E-state index is 12.3. The molecule has 20 heavy (non-hydrogen) atoms. The van der Waals surface area contributed by atoms with Crippen molar-refractivity contribution in [1.29, 1.82) is 0 Å². The van der Waals surface area contributed by atoms with Crippen LogP contribution >= 0.6 is 15.9 Å². The van der Waals surface area contributed by atoms with Crippen molar-refractivity contribution in [2.45, 2.75) is 19.0 Å². The van der Waals surface area contributed by atoms with Gasteiger partial charge in [0.1, 0.15) is 4.47 Å². The first-order valence-electron chi connectivity index (χ1n) is 6.85. The van der Waals surface area contributed by atoms with Gasteiger partial charge in [-0.3, -0.25) is 4.79 Å². The Balaban J connectivity index is 2.17. The molecule has 1 aromatic heterocycles. The van der Waals surface area contributed by atoms with Gasteiger partial charge < -0.3 is 15.1 Å². The fourth-order valence-electron chi connectivity index (χ4n) is 2.35. The highest BCUT2D eigenvalue weighted by Gasteiger charge is 2.24. The lowest BCUT2D eigenvalue weighted by atomic mass is 10.3. The van der Waals surface area contributed by atoms with Crippen LogP contribution in [0.1, 0.15) is 6.42 Å². The number of likely N-dealkylation sites (N-methyl/N-ethyl adjacent to an activating group) is 2. The molecule has 112 valence electrons. The van der Waals surface area contributed by atoms with Crippen molar-refractivity contribution in [2.24, 2.45) is 0 Å². The minimum absolute atomic E-state index is 0.0581. The Morgan fingerprint density at radius 3 is 2.90 bits per heavy atom. The van der Waals surface area contributed by atoms with Gasteiger partial charge in [-0.25, -0.2) is 4.68 Å². The second-order valence-corrected chi connectivity index (χ2v) is 6.19. The van der Waals surface area contributed by atoms with E-state index in [0.717, 1.165) is 31.7 Å². The zero-order valence-electron chi connectivity index (χ0n) is 12.3. The molecule has 0 amide bonds. The molecule has 0 radical (unpaired) electrons. The van der Waals surface area contributed by atoms with Gasteiger partial charge in [-0.1, -0.05) is 0 Å². The van der Waals surface area contributed by atoms with E-state index in [1.807, 2.05) is 26.0 Å². The summed E-state index contributed by atoms with van der Waals surface area (Å²) in [6, 6.07) is 0.484. The van der Waals surface area contributed by atoms with E-state index in [-0.39, 0.29) is 5.56 Å². The van der Waals surface area contributed by atoms with E-state index >= 15 is 0 Å². The van der Waals surface area contributed by atoms with E-state index in [2.05, 4.69) is 31.2 Å². The Labute approximate surface area is 127 Å². The van der Waals surface area contributed by atoms with Crippen molar-refractivity contribution in [3.05, 3.63) is 21.0 Å². The molecule has 1 aliphatic heterocycles. The average Bonchev–Trinajstić information content (AvgIpc) is 2.89. The van der Waals surface area contributed by atoms with Crippen LogP contribution < -0.4 is 15.8 Å². The molecule has 1 saturated heterocycles. The maximum atomic E-state index is 12.3. The third-order valence-electron chi connectivity index (χ3n) is 3.66. The number of nitrogens with one attached hydrogen (secondary N) is 1. The number of rotatable bonds is 5. The second-order valence-electron chi connectivity index (χ2n) is 5.40. The molecule has 7 heteroatoms. The zero-order valence-corrected chi connectivity index (χ0v) is 13.9. The lowest BCUT2D eigenvalue weighted by Crippen LogP contribution is -2.33. The van der Waals surface area contributed by atoms with Crippen LogP contribution in [0.3, 0.4) is 0 Å². The van der Waals surface area contributed by atoms with Crippen LogP contribution in [0.2, 0.25) is 0 Å². The highest BCUT2D eigenvalue weighted by Crippen LogP contribution is 2.25. The summed E-state index contributed by atoms with van der Waals surface area (Å²) in [6.45, 7) is 3.26. The molecular formula is C13H22BrN5O. The summed E-state index contributed by atoms with van der Waals surface area (Å²) in [4.78, 5) is 16.5. The Bertz CT molecular complexity index is 516. The van der Waals surface area contributed by atoms with Crippen LogP contribution in [0.15, 0.2) is 15.5 Å². The summed E-state index contributed by atoms with van der Waals surface area (Å²) < 4.78 is 2.13. The summed E-state index contributed by atoms with van der Waals surface area (Å²) in [7, 11) is 5.94. The van der Waals surface area contributed by atoms with Crippen LogP contribution in [-0.4, -0.2) is 61.5 Å². The Morgan fingerprint density at radius 2 is 2.30 bits per heavy atom. The molecule has 1 fully saturated rings. The molecule has 0 bridgehead atoms. The number of hydrogen-bond donors (Lipinski definition) is 1. The summed E-state index contributed by atoms with van der Waals surface area (Å²) >= 11 is 3.44. The van der Waals surface area contributed by atoms with Gasteiger partial charge in [0.25, 0.3) is 5.56 Å². The van der Waals surface area contributed by atoms with Gasteiger partial charge in [-0.2, -0.15) is 5.10 Å². The molecule has 6 nitrogen and oxygen atoms in total. The van der Waals surface area contributed by atoms with Crippen molar-refractivity contribution in [1.82, 2.24) is 20.0 Å². The molecular weight excluding hydrogens is 322 g/mol. The van der Waals surface area contributed by atoms with Gasteiger partial charge in [0.2, 0.25) is 0 Å².